The quantitative estimate of drug-likeness (QED) is 0.556. The maximum atomic E-state index is 12.3. The zero-order valence-corrected chi connectivity index (χ0v) is 10.4. The average Bonchev–Trinajstić information content (AvgIpc) is 2.03. The SMILES string of the molecule is O=Cc1nc(C(F)F)c(I)cc1I. The average molecular weight is 409 g/mol. The van der Waals surface area contributed by atoms with Gasteiger partial charge in [-0.2, -0.15) is 0 Å². The van der Waals surface area contributed by atoms with Gasteiger partial charge in [0.05, 0.1) is 0 Å². The van der Waals surface area contributed by atoms with Gasteiger partial charge < -0.3 is 0 Å². The fourth-order valence-corrected chi connectivity index (χ4v) is 2.55. The summed E-state index contributed by atoms with van der Waals surface area (Å²) in [7, 11) is 0. The lowest BCUT2D eigenvalue weighted by Crippen LogP contribution is -2.01. The Balaban J connectivity index is 3.30. The van der Waals surface area contributed by atoms with E-state index < -0.39 is 6.43 Å². The van der Waals surface area contributed by atoms with Gasteiger partial charge in [0.25, 0.3) is 6.43 Å². The summed E-state index contributed by atoms with van der Waals surface area (Å²) in [6.45, 7) is 0. The molecular weight excluding hydrogens is 406 g/mol. The maximum Gasteiger partial charge on any atom is 0.281 e. The summed E-state index contributed by atoms with van der Waals surface area (Å²) >= 11 is 3.65. The zero-order valence-electron chi connectivity index (χ0n) is 6.10. The lowest BCUT2D eigenvalue weighted by atomic mass is 10.3. The Kier molecular flexibility index (Phi) is 3.95. The minimum absolute atomic E-state index is 0.0660. The van der Waals surface area contributed by atoms with Crippen LogP contribution in [0.25, 0.3) is 0 Å². The van der Waals surface area contributed by atoms with E-state index in [1.165, 1.54) is 6.07 Å². The molecule has 0 unspecified atom stereocenters. The van der Waals surface area contributed by atoms with Gasteiger partial charge in [-0.25, -0.2) is 13.8 Å². The van der Waals surface area contributed by atoms with Gasteiger partial charge in [-0.3, -0.25) is 4.79 Å². The fourth-order valence-electron chi connectivity index (χ4n) is 0.731. The molecule has 1 heterocycles. The summed E-state index contributed by atoms with van der Waals surface area (Å²) in [5.41, 5.74) is -0.264. The minimum Gasteiger partial charge on any atom is -0.296 e. The van der Waals surface area contributed by atoms with Gasteiger partial charge in [0.2, 0.25) is 0 Å². The third-order valence-electron chi connectivity index (χ3n) is 1.30. The molecule has 0 aliphatic heterocycles. The van der Waals surface area contributed by atoms with E-state index in [0.717, 1.165) is 0 Å². The van der Waals surface area contributed by atoms with Crippen molar-refractivity contribution in [3.8, 4) is 0 Å². The molecule has 0 saturated carbocycles. The number of carbonyl (C=O) groups excluding carboxylic acids is 1. The van der Waals surface area contributed by atoms with E-state index in [0.29, 0.717) is 13.4 Å². The Hall–Kier alpha value is 0.140. The normalized spacial score (nSPS) is 10.5. The van der Waals surface area contributed by atoms with Gasteiger partial charge in [0.1, 0.15) is 11.4 Å². The number of halogens is 4. The third-order valence-corrected chi connectivity index (χ3v) is 3.03. The number of nitrogens with zero attached hydrogens (tertiary/aromatic N) is 1. The summed E-state index contributed by atoms with van der Waals surface area (Å²) in [6, 6.07) is 1.51. The first-order chi connectivity index (χ1) is 6.06. The molecule has 0 amide bonds. The van der Waals surface area contributed by atoms with Crippen LogP contribution >= 0.6 is 45.2 Å². The van der Waals surface area contributed by atoms with Crippen molar-refractivity contribution in [1.29, 1.82) is 0 Å². The molecule has 1 aromatic heterocycles. The van der Waals surface area contributed by atoms with E-state index in [4.69, 9.17) is 0 Å². The standard InChI is InChI=1S/C7H3F2I2NO/c8-7(9)6-4(11)1-3(10)5(2-13)12-6/h1-2,7H. The van der Waals surface area contributed by atoms with Crippen molar-refractivity contribution < 1.29 is 13.6 Å². The lowest BCUT2D eigenvalue weighted by Gasteiger charge is -2.04. The van der Waals surface area contributed by atoms with Crippen LogP contribution in [0.1, 0.15) is 22.6 Å². The van der Waals surface area contributed by atoms with Crippen LogP contribution in [-0.2, 0) is 0 Å². The van der Waals surface area contributed by atoms with E-state index >= 15 is 0 Å². The molecular formula is C7H3F2I2NO. The fraction of sp³-hybridized carbons (Fsp3) is 0.143. The van der Waals surface area contributed by atoms with E-state index in [1.54, 1.807) is 22.6 Å². The number of hydrogen-bond donors (Lipinski definition) is 0. The summed E-state index contributed by atoms with van der Waals surface area (Å²) < 4.78 is 25.5. The van der Waals surface area contributed by atoms with Crippen molar-refractivity contribution in [3.63, 3.8) is 0 Å². The van der Waals surface area contributed by atoms with Crippen LogP contribution in [0.2, 0.25) is 0 Å². The van der Waals surface area contributed by atoms with Crippen LogP contribution in [0.15, 0.2) is 6.07 Å². The first kappa shape index (κ1) is 11.2. The van der Waals surface area contributed by atoms with Crippen molar-refractivity contribution in [2.24, 2.45) is 0 Å². The highest BCUT2D eigenvalue weighted by atomic mass is 127. The van der Waals surface area contributed by atoms with Crippen molar-refractivity contribution in [2.45, 2.75) is 6.43 Å². The number of carbonyl (C=O) groups is 1. The number of aromatic nitrogens is 1. The molecule has 0 aliphatic carbocycles. The summed E-state index contributed by atoms with van der Waals surface area (Å²) in [6.07, 6.45) is -2.16. The predicted octanol–water partition coefficient (Wildman–Crippen LogP) is 3.04. The van der Waals surface area contributed by atoms with Gasteiger partial charge in [0, 0.05) is 7.14 Å². The highest BCUT2D eigenvalue weighted by molar-refractivity contribution is 14.1. The predicted molar refractivity (Wildman–Crippen MR) is 60.0 cm³/mol. The molecule has 1 rings (SSSR count). The molecule has 0 spiro atoms. The molecule has 0 bridgehead atoms. The van der Waals surface area contributed by atoms with Crippen LogP contribution in [0.3, 0.4) is 0 Å². The van der Waals surface area contributed by atoms with Gasteiger partial charge in [-0.1, -0.05) is 0 Å². The molecule has 0 aliphatic rings. The molecule has 1 aromatic rings. The van der Waals surface area contributed by atoms with E-state index in [-0.39, 0.29) is 11.4 Å². The Morgan fingerprint density at radius 3 is 2.46 bits per heavy atom. The van der Waals surface area contributed by atoms with Crippen LogP contribution in [-0.4, -0.2) is 11.3 Å². The Bertz CT molecular complexity index is 344. The van der Waals surface area contributed by atoms with Crippen LogP contribution in [0.5, 0.6) is 0 Å². The second-order valence-corrected chi connectivity index (χ2v) is 4.47. The van der Waals surface area contributed by atoms with Gasteiger partial charge in [-0.05, 0) is 51.2 Å². The van der Waals surface area contributed by atoms with E-state index in [2.05, 4.69) is 4.98 Å². The number of pyridine rings is 1. The first-order valence-electron chi connectivity index (χ1n) is 3.15. The number of rotatable bonds is 2. The highest BCUT2D eigenvalue weighted by Gasteiger charge is 2.15. The van der Waals surface area contributed by atoms with Crippen molar-refractivity contribution in [2.75, 3.05) is 0 Å². The van der Waals surface area contributed by atoms with Crippen molar-refractivity contribution >= 4 is 51.5 Å². The number of hydrogen-bond acceptors (Lipinski definition) is 2. The van der Waals surface area contributed by atoms with Crippen molar-refractivity contribution in [3.05, 3.63) is 24.6 Å². The number of aldehydes is 1. The summed E-state index contributed by atoms with van der Waals surface area (Å²) in [5.74, 6) is 0. The molecule has 70 valence electrons. The topological polar surface area (TPSA) is 30.0 Å². The Morgan fingerprint density at radius 2 is 2.00 bits per heavy atom. The molecule has 0 saturated heterocycles. The molecule has 0 aromatic carbocycles. The largest absolute Gasteiger partial charge is 0.296 e. The van der Waals surface area contributed by atoms with E-state index in [1.807, 2.05) is 22.6 Å². The Morgan fingerprint density at radius 1 is 1.38 bits per heavy atom. The third kappa shape index (κ3) is 2.55. The molecule has 0 atom stereocenters. The lowest BCUT2D eigenvalue weighted by molar-refractivity contribution is 0.111. The Labute approximate surface area is 100 Å². The number of alkyl halides is 2. The molecule has 0 radical (unpaired) electrons. The zero-order chi connectivity index (χ0) is 10.0. The van der Waals surface area contributed by atoms with Gasteiger partial charge in [0.15, 0.2) is 6.29 Å². The van der Waals surface area contributed by atoms with Gasteiger partial charge >= 0.3 is 0 Å². The molecule has 6 heteroatoms. The second-order valence-electron chi connectivity index (χ2n) is 2.14. The van der Waals surface area contributed by atoms with Crippen molar-refractivity contribution in [1.82, 2.24) is 4.98 Å². The smallest absolute Gasteiger partial charge is 0.281 e. The summed E-state index contributed by atoms with van der Waals surface area (Å²) in [5, 5.41) is 0. The van der Waals surface area contributed by atoms with Crippen LogP contribution in [0, 0.1) is 7.14 Å². The maximum absolute atomic E-state index is 12.3. The first-order valence-corrected chi connectivity index (χ1v) is 5.31. The second kappa shape index (κ2) is 4.58. The molecule has 0 fully saturated rings. The monoisotopic (exact) mass is 409 g/mol. The minimum atomic E-state index is -2.64. The van der Waals surface area contributed by atoms with Crippen LogP contribution in [0.4, 0.5) is 8.78 Å². The summed E-state index contributed by atoms with van der Waals surface area (Å²) in [4.78, 5) is 14.0. The van der Waals surface area contributed by atoms with Gasteiger partial charge in [-0.15, -0.1) is 0 Å². The highest BCUT2D eigenvalue weighted by Crippen LogP contribution is 2.24. The molecule has 0 N–H and O–H groups in total. The molecule has 13 heavy (non-hydrogen) atoms. The van der Waals surface area contributed by atoms with E-state index in [9.17, 15) is 13.6 Å². The molecule has 2 nitrogen and oxygen atoms in total. The van der Waals surface area contributed by atoms with Crippen LogP contribution < -0.4 is 0 Å².